The van der Waals surface area contributed by atoms with E-state index in [1.807, 2.05) is 12.1 Å². The number of aromatic nitrogens is 4. The summed E-state index contributed by atoms with van der Waals surface area (Å²) in [4.78, 5) is 11.9. The van der Waals surface area contributed by atoms with E-state index in [0.717, 1.165) is 11.3 Å². The summed E-state index contributed by atoms with van der Waals surface area (Å²) >= 11 is 5.83. The number of esters is 1. The highest BCUT2D eigenvalue weighted by atomic mass is 35.5. The first-order valence-corrected chi connectivity index (χ1v) is 7.37. The highest BCUT2D eigenvalue weighted by Crippen LogP contribution is 2.16. The molecule has 0 N–H and O–H groups in total. The molecule has 116 valence electrons. The van der Waals surface area contributed by atoms with Gasteiger partial charge in [-0.25, -0.2) is 4.68 Å². The Morgan fingerprint density at radius 2 is 1.83 bits per heavy atom. The molecule has 0 spiro atoms. The lowest BCUT2D eigenvalue weighted by Crippen LogP contribution is -2.09. The topological polar surface area (TPSA) is 69.9 Å². The number of hydrogen-bond donors (Lipinski definition) is 0. The van der Waals surface area contributed by atoms with E-state index in [1.54, 1.807) is 36.4 Å². The molecular weight excluding hydrogens is 316 g/mol. The Labute approximate surface area is 137 Å². The number of aryl methyl sites for hydroxylation is 1. The first-order valence-electron chi connectivity index (χ1n) is 6.99. The molecule has 0 bridgehead atoms. The second-order valence-electron chi connectivity index (χ2n) is 4.85. The van der Waals surface area contributed by atoms with Crippen LogP contribution in [0.15, 0.2) is 54.9 Å². The van der Waals surface area contributed by atoms with Gasteiger partial charge in [0, 0.05) is 11.4 Å². The molecule has 1 aromatic heterocycles. The molecule has 3 rings (SSSR count). The quantitative estimate of drug-likeness (QED) is 0.532. The van der Waals surface area contributed by atoms with Gasteiger partial charge in [-0.05, 0) is 58.8 Å². The zero-order chi connectivity index (χ0) is 16.1. The molecule has 0 aliphatic carbocycles. The normalized spacial score (nSPS) is 10.5. The molecule has 0 saturated heterocycles. The third-order valence-electron chi connectivity index (χ3n) is 3.21. The number of tetrazole rings is 1. The minimum absolute atomic E-state index is 0.282. The number of ether oxygens (including phenoxy) is 1. The van der Waals surface area contributed by atoms with Crippen LogP contribution in [-0.4, -0.2) is 26.2 Å². The van der Waals surface area contributed by atoms with Crippen molar-refractivity contribution in [3.05, 3.63) is 65.4 Å². The lowest BCUT2D eigenvalue weighted by molar-refractivity contribution is -0.134. The van der Waals surface area contributed by atoms with Gasteiger partial charge in [0.25, 0.3) is 0 Å². The Kier molecular flexibility index (Phi) is 4.63. The maximum absolute atomic E-state index is 11.9. The Morgan fingerprint density at radius 1 is 1.09 bits per heavy atom. The fourth-order valence-corrected chi connectivity index (χ4v) is 2.15. The van der Waals surface area contributed by atoms with Crippen LogP contribution in [0.3, 0.4) is 0 Å². The Balaban J connectivity index is 1.54. The van der Waals surface area contributed by atoms with Gasteiger partial charge in [0.05, 0.1) is 5.69 Å². The van der Waals surface area contributed by atoms with Crippen LogP contribution in [0.4, 0.5) is 0 Å². The third-order valence-corrected chi connectivity index (χ3v) is 3.46. The maximum atomic E-state index is 11.9. The summed E-state index contributed by atoms with van der Waals surface area (Å²) in [5.41, 5.74) is 1.83. The largest absolute Gasteiger partial charge is 0.427 e. The van der Waals surface area contributed by atoms with Gasteiger partial charge in [-0.1, -0.05) is 23.7 Å². The van der Waals surface area contributed by atoms with Crippen molar-refractivity contribution in [2.75, 3.05) is 0 Å². The molecule has 6 nitrogen and oxygen atoms in total. The van der Waals surface area contributed by atoms with Gasteiger partial charge in [-0.2, -0.15) is 0 Å². The molecule has 0 saturated carbocycles. The van der Waals surface area contributed by atoms with E-state index in [2.05, 4.69) is 15.5 Å². The van der Waals surface area contributed by atoms with Crippen molar-refractivity contribution < 1.29 is 9.53 Å². The summed E-state index contributed by atoms with van der Waals surface area (Å²) in [7, 11) is 0. The minimum atomic E-state index is -0.282. The number of benzene rings is 2. The molecule has 7 heteroatoms. The molecule has 23 heavy (non-hydrogen) atoms. The molecular formula is C16H13ClN4O2. The zero-order valence-electron chi connectivity index (χ0n) is 12.1. The van der Waals surface area contributed by atoms with Crippen molar-refractivity contribution in [3.8, 4) is 11.4 Å². The molecule has 3 aromatic rings. The van der Waals surface area contributed by atoms with E-state index in [-0.39, 0.29) is 5.97 Å². The third kappa shape index (κ3) is 4.14. The minimum Gasteiger partial charge on any atom is -0.427 e. The van der Waals surface area contributed by atoms with Gasteiger partial charge in [0.1, 0.15) is 12.1 Å². The van der Waals surface area contributed by atoms with Gasteiger partial charge < -0.3 is 4.74 Å². The summed E-state index contributed by atoms with van der Waals surface area (Å²) in [6.07, 6.45) is 2.40. The summed E-state index contributed by atoms with van der Waals surface area (Å²) in [6.45, 7) is 0. The van der Waals surface area contributed by atoms with Crippen molar-refractivity contribution in [2.45, 2.75) is 12.8 Å². The molecule has 0 aliphatic rings. The molecule has 0 amide bonds. The van der Waals surface area contributed by atoms with Crippen LogP contribution < -0.4 is 4.74 Å². The van der Waals surface area contributed by atoms with E-state index < -0.39 is 0 Å². The van der Waals surface area contributed by atoms with Gasteiger partial charge >= 0.3 is 5.97 Å². The number of carbonyl (C=O) groups is 1. The van der Waals surface area contributed by atoms with E-state index in [4.69, 9.17) is 16.3 Å². The van der Waals surface area contributed by atoms with Crippen LogP contribution in [-0.2, 0) is 11.2 Å². The van der Waals surface area contributed by atoms with E-state index in [9.17, 15) is 4.79 Å². The summed E-state index contributed by atoms with van der Waals surface area (Å²) in [5, 5.41) is 11.6. The number of hydrogen-bond acceptors (Lipinski definition) is 5. The van der Waals surface area contributed by atoms with Crippen molar-refractivity contribution in [2.24, 2.45) is 0 Å². The average molecular weight is 329 g/mol. The highest BCUT2D eigenvalue weighted by Gasteiger charge is 2.06. The lowest BCUT2D eigenvalue weighted by Gasteiger charge is -2.06. The molecule has 0 radical (unpaired) electrons. The standard InChI is InChI=1S/C16H13ClN4O2/c17-13-4-1-12(2-5-13)3-10-16(22)23-15-8-6-14(7-9-15)21-11-18-19-20-21/h1-2,4-9,11H,3,10H2. The van der Waals surface area contributed by atoms with Crippen LogP contribution in [0.2, 0.25) is 5.02 Å². The van der Waals surface area contributed by atoms with Gasteiger partial charge in [0.2, 0.25) is 0 Å². The highest BCUT2D eigenvalue weighted by molar-refractivity contribution is 6.30. The van der Waals surface area contributed by atoms with E-state index in [1.165, 1.54) is 11.0 Å². The smallest absolute Gasteiger partial charge is 0.311 e. The second kappa shape index (κ2) is 7.02. The Hall–Kier alpha value is -2.73. The van der Waals surface area contributed by atoms with Crippen LogP contribution in [0.5, 0.6) is 5.75 Å². The van der Waals surface area contributed by atoms with Gasteiger partial charge in [0.15, 0.2) is 0 Å². The van der Waals surface area contributed by atoms with Crippen molar-refractivity contribution in [1.29, 1.82) is 0 Å². The summed E-state index contributed by atoms with van der Waals surface area (Å²) in [6, 6.07) is 14.4. The zero-order valence-corrected chi connectivity index (χ0v) is 12.8. The SMILES string of the molecule is O=C(CCc1ccc(Cl)cc1)Oc1ccc(-n2cnnn2)cc1. The van der Waals surface area contributed by atoms with Gasteiger partial charge in [-0.15, -0.1) is 5.10 Å². The monoisotopic (exact) mass is 328 g/mol. The number of carbonyl (C=O) groups excluding carboxylic acids is 1. The van der Waals surface area contributed by atoms with Crippen LogP contribution in [0.1, 0.15) is 12.0 Å². The molecule has 0 atom stereocenters. The first-order chi connectivity index (χ1) is 11.2. The average Bonchev–Trinajstić information content (AvgIpc) is 3.09. The first kappa shape index (κ1) is 15.2. The molecule has 0 unspecified atom stereocenters. The fraction of sp³-hybridized carbons (Fsp3) is 0.125. The van der Waals surface area contributed by atoms with Crippen LogP contribution >= 0.6 is 11.6 Å². The van der Waals surface area contributed by atoms with Crippen molar-refractivity contribution in [3.63, 3.8) is 0 Å². The number of halogens is 1. The van der Waals surface area contributed by atoms with Crippen molar-refractivity contribution in [1.82, 2.24) is 20.2 Å². The predicted molar refractivity (Wildman–Crippen MR) is 84.6 cm³/mol. The predicted octanol–water partition coefficient (Wildman–Crippen LogP) is 2.85. The Morgan fingerprint density at radius 3 is 2.48 bits per heavy atom. The molecule has 1 heterocycles. The van der Waals surface area contributed by atoms with E-state index >= 15 is 0 Å². The van der Waals surface area contributed by atoms with Gasteiger partial charge in [-0.3, -0.25) is 4.79 Å². The molecule has 0 aliphatic heterocycles. The maximum Gasteiger partial charge on any atom is 0.311 e. The second-order valence-corrected chi connectivity index (χ2v) is 5.29. The van der Waals surface area contributed by atoms with Crippen molar-refractivity contribution >= 4 is 17.6 Å². The number of nitrogens with zero attached hydrogens (tertiary/aromatic N) is 4. The van der Waals surface area contributed by atoms with Crippen LogP contribution in [0, 0.1) is 0 Å². The molecule has 0 fully saturated rings. The lowest BCUT2D eigenvalue weighted by atomic mass is 10.1. The Bertz CT molecular complexity index is 771. The van der Waals surface area contributed by atoms with Crippen LogP contribution in [0.25, 0.3) is 5.69 Å². The van der Waals surface area contributed by atoms with E-state index in [0.29, 0.717) is 23.6 Å². The summed E-state index contributed by atoms with van der Waals surface area (Å²) in [5.74, 6) is 0.207. The molecule has 2 aromatic carbocycles. The summed E-state index contributed by atoms with van der Waals surface area (Å²) < 4.78 is 6.83. The fourth-order valence-electron chi connectivity index (χ4n) is 2.03. The number of rotatable bonds is 5.